The van der Waals surface area contributed by atoms with Gasteiger partial charge in [0.1, 0.15) is 11.8 Å². The molecule has 6 heteroatoms. The van der Waals surface area contributed by atoms with Crippen LogP contribution >= 0.6 is 11.8 Å². The Morgan fingerprint density at radius 1 is 1.36 bits per heavy atom. The zero-order valence-electron chi connectivity index (χ0n) is 14.5. The molecule has 1 aromatic rings. The van der Waals surface area contributed by atoms with E-state index in [2.05, 4.69) is 12.2 Å². The van der Waals surface area contributed by atoms with Gasteiger partial charge in [-0.2, -0.15) is 0 Å². The summed E-state index contributed by atoms with van der Waals surface area (Å²) in [5.74, 6) is 1.44. The number of fused-ring (bicyclic) bond motifs is 1. The first kappa shape index (κ1) is 16.8. The Bertz CT molecular complexity index is 689. The number of benzene rings is 1. The van der Waals surface area contributed by atoms with Crippen LogP contribution in [0.2, 0.25) is 0 Å². The maximum absolute atomic E-state index is 12.7. The third-order valence-corrected chi connectivity index (χ3v) is 6.96. The van der Waals surface area contributed by atoms with Crippen LogP contribution in [0.1, 0.15) is 45.4 Å². The predicted molar refractivity (Wildman–Crippen MR) is 98.7 cm³/mol. The third kappa shape index (κ3) is 3.24. The van der Waals surface area contributed by atoms with E-state index in [1.54, 1.807) is 16.7 Å². The van der Waals surface area contributed by atoms with Crippen molar-refractivity contribution in [3.63, 3.8) is 0 Å². The van der Waals surface area contributed by atoms with E-state index in [1.165, 1.54) is 12.8 Å². The van der Waals surface area contributed by atoms with Crippen molar-refractivity contribution in [2.45, 2.75) is 62.5 Å². The maximum atomic E-state index is 12.7. The van der Waals surface area contributed by atoms with Crippen LogP contribution in [-0.4, -0.2) is 39.5 Å². The summed E-state index contributed by atoms with van der Waals surface area (Å²) >= 11 is 1.71. The second-order valence-corrected chi connectivity index (χ2v) is 8.81. The molecule has 3 aliphatic rings. The number of amides is 2. The van der Waals surface area contributed by atoms with E-state index in [0.29, 0.717) is 18.3 Å². The molecule has 1 saturated carbocycles. The number of carbonyl (C=O) groups is 2. The summed E-state index contributed by atoms with van der Waals surface area (Å²) in [6.07, 6.45) is 6.31. The second kappa shape index (κ2) is 6.56. The molecular weight excluding hydrogens is 336 g/mol. The lowest BCUT2D eigenvalue weighted by Crippen LogP contribution is -2.48. The minimum Gasteiger partial charge on any atom is -0.490 e. The first-order valence-corrected chi connectivity index (χ1v) is 10.1. The Kier molecular flexibility index (Phi) is 4.40. The Balaban J connectivity index is 1.43. The number of hydrogen-bond acceptors (Lipinski definition) is 4. The lowest BCUT2D eigenvalue weighted by atomic mass is 10.2. The highest BCUT2D eigenvalue weighted by Gasteiger charge is 2.52. The van der Waals surface area contributed by atoms with Crippen LogP contribution in [0.4, 0.5) is 5.69 Å². The van der Waals surface area contributed by atoms with Gasteiger partial charge in [-0.3, -0.25) is 9.59 Å². The minimum absolute atomic E-state index is 0.0889. The number of ether oxygens (including phenoxy) is 1. The summed E-state index contributed by atoms with van der Waals surface area (Å²) in [6, 6.07) is 7.19. The van der Waals surface area contributed by atoms with Crippen LogP contribution in [0.15, 0.2) is 24.3 Å². The molecule has 0 unspecified atom stereocenters. The van der Waals surface area contributed by atoms with E-state index in [-0.39, 0.29) is 22.7 Å². The number of hydrogen-bond donors (Lipinski definition) is 1. The molecule has 2 atom stereocenters. The van der Waals surface area contributed by atoms with Crippen LogP contribution in [0, 0.1) is 0 Å². The standard InChI is InChI=1S/C19H24N2O3S/c1-19-10-9-17(22)21(19)16(12-25-19)18(23)20-13-5-4-8-15(11-13)24-14-6-2-3-7-14/h4-5,8,11,14,16H,2-3,6-7,9-10,12H2,1H3,(H,20,23)/t16-,19-/m0/s1. The highest BCUT2D eigenvalue weighted by molar-refractivity contribution is 8.01. The van der Waals surface area contributed by atoms with Crippen molar-refractivity contribution in [1.82, 2.24) is 4.90 Å². The lowest BCUT2D eigenvalue weighted by molar-refractivity contribution is -0.135. The molecule has 25 heavy (non-hydrogen) atoms. The number of nitrogens with one attached hydrogen (secondary N) is 1. The SMILES string of the molecule is C[C@]12CCC(=O)N1[C@H](C(=O)Nc1cccc(OC3CCCC3)c1)CS2. The molecule has 1 aromatic carbocycles. The highest BCUT2D eigenvalue weighted by Crippen LogP contribution is 2.47. The van der Waals surface area contributed by atoms with Crippen molar-refractivity contribution >= 4 is 29.3 Å². The largest absolute Gasteiger partial charge is 0.490 e. The van der Waals surface area contributed by atoms with Crippen molar-refractivity contribution < 1.29 is 14.3 Å². The van der Waals surface area contributed by atoms with Gasteiger partial charge >= 0.3 is 0 Å². The van der Waals surface area contributed by atoms with Gasteiger partial charge in [-0.1, -0.05) is 6.07 Å². The summed E-state index contributed by atoms with van der Waals surface area (Å²) in [5.41, 5.74) is 0.728. The molecule has 2 amide bonds. The molecule has 0 bridgehead atoms. The second-order valence-electron chi connectivity index (χ2n) is 7.31. The fourth-order valence-corrected chi connectivity index (χ4v) is 5.52. The molecule has 0 aromatic heterocycles. The summed E-state index contributed by atoms with van der Waals surface area (Å²) in [6.45, 7) is 2.06. The van der Waals surface area contributed by atoms with E-state index in [4.69, 9.17) is 4.74 Å². The third-order valence-electron chi connectivity index (χ3n) is 5.45. The Morgan fingerprint density at radius 2 is 2.16 bits per heavy atom. The highest BCUT2D eigenvalue weighted by atomic mass is 32.2. The van der Waals surface area contributed by atoms with Gasteiger partial charge in [0.2, 0.25) is 11.8 Å². The number of nitrogens with zero attached hydrogens (tertiary/aromatic N) is 1. The summed E-state index contributed by atoms with van der Waals surface area (Å²) in [5, 5.41) is 2.97. The molecule has 1 aliphatic carbocycles. The van der Waals surface area contributed by atoms with Crippen molar-refractivity contribution in [2.24, 2.45) is 0 Å². The Morgan fingerprint density at radius 3 is 2.96 bits per heavy atom. The van der Waals surface area contributed by atoms with Crippen molar-refractivity contribution in [1.29, 1.82) is 0 Å². The summed E-state index contributed by atoms with van der Waals surface area (Å²) in [4.78, 5) is 26.5. The van der Waals surface area contributed by atoms with Crippen molar-refractivity contribution in [2.75, 3.05) is 11.1 Å². The monoisotopic (exact) mass is 360 g/mol. The molecule has 2 saturated heterocycles. The quantitative estimate of drug-likeness (QED) is 0.894. The molecule has 134 valence electrons. The van der Waals surface area contributed by atoms with Crippen LogP contribution < -0.4 is 10.1 Å². The number of carbonyl (C=O) groups excluding carboxylic acids is 2. The fourth-order valence-electron chi connectivity index (χ4n) is 4.09. The molecule has 3 fully saturated rings. The van der Waals surface area contributed by atoms with Gasteiger partial charge in [0.05, 0.1) is 11.0 Å². The van der Waals surface area contributed by atoms with Gasteiger partial charge < -0.3 is 15.0 Å². The molecule has 2 aliphatic heterocycles. The minimum atomic E-state index is -0.385. The molecule has 1 N–H and O–H groups in total. The molecule has 5 nitrogen and oxygen atoms in total. The molecule has 2 heterocycles. The van der Waals surface area contributed by atoms with E-state index < -0.39 is 0 Å². The number of thioether (sulfide) groups is 1. The fraction of sp³-hybridized carbons (Fsp3) is 0.579. The van der Waals surface area contributed by atoms with Crippen molar-refractivity contribution in [3.05, 3.63) is 24.3 Å². The Hall–Kier alpha value is -1.69. The normalized spacial score (nSPS) is 29.1. The average Bonchev–Trinajstić information content (AvgIpc) is 3.27. The lowest BCUT2D eigenvalue weighted by Gasteiger charge is -2.29. The average molecular weight is 360 g/mol. The zero-order valence-corrected chi connectivity index (χ0v) is 15.3. The van der Waals surface area contributed by atoms with E-state index >= 15 is 0 Å². The van der Waals surface area contributed by atoms with Gasteiger partial charge in [-0.15, -0.1) is 11.8 Å². The predicted octanol–water partition coefficient (Wildman–Crippen LogP) is 3.40. The van der Waals surface area contributed by atoms with Crippen LogP contribution in [0.25, 0.3) is 0 Å². The van der Waals surface area contributed by atoms with E-state index in [9.17, 15) is 9.59 Å². The number of rotatable bonds is 4. The van der Waals surface area contributed by atoms with Gasteiger partial charge in [0.25, 0.3) is 0 Å². The van der Waals surface area contributed by atoms with Crippen LogP contribution in [-0.2, 0) is 9.59 Å². The summed E-state index contributed by atoms with van der Waals surface area (Å²) < 4.78 is 6.01. The van der Waals surface area contributed by atoms with Gasteiger partial charge in [0.15, 0.2) is 0 Å². The van der Waals surface area contributed by atoms with Gasteiger partial charge in [0, 0.05) is 23.9 Å². The van der Waals surface area contributed by atoms with Gasteiger partial charge in [-0.25, -0.2) is 0 Å². The smallest absolute Gasteiger partial charge is 0.248 e. The van der Waals surface area contributed by atoms with Gasteiger partial charge in [-0.05, 0) is 51.2 Å². The molecular formula is C19H24N2O3S. The molecule has 4 rings (SSSR count). The first-order valence-electron chi connectivity index (χ1n) is 9.09. The Labute approximate surface area is 152 Å². The molecule has 0 spiro atoms. The topological polar surface area (TPSA) is 58.6 Å². The van der Waals surface area contributed by atoms with E-state index in [1.807, 2.05) is 24.3 Å². The first-order chi connectivity index (χ1) is 12.0. The number of anilines is 1. The molecule has 0 radical (unpaired) electrons. The van der Waals surface area contributed by atoms with E-state index in [0.717, 1.165) is 30.7 Å². The van der Waals surface area contributed by atoms with Crippen molar-refractivity contribution in [3.8, 4) is 5.75 Å². The maximum Gasteiger partial charge on any atom is 0.248 e. The summed E-state index contributed by atoms with van der Waals surface area (Å²) in [7, 11) is 0. The zero-order chi connectivity index (χ0) is 17.4. The van der Waals surface area contributed by atoms with Crippen LogP contribution in [0.3, 0.4) is 0 Å². The van der Waals surface area contributed by atoms with Crippen LogP contribution in [0.5, 0.6) is 5.75 Å².